The highest BCUT2D eigenvalue weighted by atomic mass is 16.3. The smallest absolute Gasteiger partial charge is 0.236 e. The van der Waals surface area contributed by atoms with E-state index in [1.165, 1.54) is 12.8 Å². The summed E-state index contributed by atoms with van der Waals surface area (Å²) in [5.41, 5.74) is 0. The summed E-state index contributed by atoms with van der Waals surface area (Å²) in [5, 5.41) is 12.2. The van der Waals surface area contributed by atoms with Crippen LogP contribution in [0.2, 0.25) is 0 Å². The van der Waals surface area contributed by atoms with Crippen LogP contribution in [-0.4, -0.2) is 47.7 Å². The van der Waals surface area contributed by atoms with Gasteiger partial charge < -0.3 is 15.3 Å². The van der Waals surface area contributed by atoms with E-state index in [9.17, 15) is 4.79 Å². The van der Waals surface area contributed by atoms with Gasteiger partial charge in [-0.2, -0.15) is 0 Å². The molecule has 1 aliphatic rings. The molecule has 1 rings (SSSR count). The number of rotatable bonds is 8. The van der Waals surface area contributed by atoms with Gasteiger partial charge in [0.25, 0.3) is 0 Å². The lowest BCUT2D eigenvalue weighted by Crippen LogP contribution is -2.39. The zero-order chi connectivity index (χ0) is 12.0. The molecule has 2 N–H and O–H groups in total. The molecule has 0 aromatic rings. The Kier molecular flexibility index (Phi) is 5.77. The van der Waals surface area contributed by atoms with Crippen molar-refractivity contribution in [2.24, 2.45) is 0 Å². The molecule has 0 heterocycles. The molecule has 94 valence electrons. The van der Waals surface area contributed by atoms with Crippen molar-refractivity contribution in [3.8, 4) is 0 Å². The van der Waals surface area contributed by atoms with Crippen molar-refractivity contribution in [3.05, 3.63) is 0 Å². The molecular weight excluding hydrogens is 204 g/mol. The first kappa shape index (κ1) is 13.5. The summed E-state index contributed by atoms with van der Waals surface area (Å²) >= 11 is 0. The van der Waals surface area contributed by atoms with Gasteiger partial charge >= 0.3 is 0 Å². The Morgan fingerprint density at radius 1 is 1.56 bits per heavy atom. The molecule has 0 aromatic heterocycles. The van der Waals surface area contributed by atoms with Crippen LogP contribution in [0.1, 0.15) is 39.5 Å². The highest BCUT2D eigenvalue weighted by molar-refractivity contribution is 5.78. The number of aliphatic hydroxyl groups is 1. The Balaban J connectivity index is 2.05. The van der Waals surface area contributed by atoms with Gasteiger partial charge in [0.2, 0.25) is 5.91 Å². The number of aliphatic hydroxyl groups excluding tert-OH is 1. The number of carbonyl (C=O) groups is 1. The third kappa shape index (κ3) is 4.94. The quantitative estimate of drug-likeness (QED) is 0.603. The van der Waals surface area contributed by atoms with Crippen LogP contribution >= 0.6 is 0 Å². The number of hydrogen-bond donors (Lipinski definition) is 2. The van der Waals surface area contributed by atoms with E-state index in [2.05, 4.69) is 5.32 Å². The minimum absolute atomic E-state index is 0.210. The molecule has 1 unspecified atom stereocenters. The molecule has 0 saturated heterocycles. The fourth-order valence-electron chi connectivity index (χ4n) is 1.84. The van der Waals surface area contributed by atoms with Gasteiger partial charge in [0.05, 0.1) is 12.6 Å². The Bertz CT molecular complexity index is 215. The predicted octanol–water partition coefficient (Wildman–Crippen LogP) is 0.748. The molecule has 1 fully saturated rings. The van der Waals surface area contributed by atoms with Crippen LogP contribution in [0.15, 0.2) is 0 Å². The Morgan fingerprint density at radius 2 is 2.25 bits per heavy atom. The van der Waals surface area contributed by atoms with E-state index >= 15 is 0 Å². The largest absolute Gasteiger partial charge is 0.393 e. The van der Waals surface area contributed by atoms with Crippen molar-refractivity contribution < 1.29 is 9.90 Å². The molecule has 1 atom stereocenters. The molecule has 1 saturated carbocycles. The molecular formula is C12H24N2O2. The lowest BCUT2D eigenvalue weighted by atomic mass is 10.2. The Labute approximate surface area is 98.0 Å². The van der Waals surface area contributed by atoms with E-state index in [4.69, 9.17) is 5.11 Å². The standard InChI is InChI=1S/C12H24N2O2/c1-3-14(11-6-7-11)12(16)9-13-8-4-5-10(2)15/h10-11,13,15H,3-9H2,1-2H3. The van der Waals surface area contributed by atoms with Crippen LogP contribution in [0, 0.1) is 0 Å². The predicted molar refractivity (Wildman–Crippen MR) is 64.2 cm³/mol. The van der Waals surface area contributed by atoms with E-state index in [1.54, 1.807) is 6.92 Å². The van der Waals surface area contributed by atoms with Gasteiger partial charge in [-0.15, -0.1) is 0 Å². The third-order valence-corrected chi connectivity index (χ3v) is 2.90. The summed E-state index contributed by atoms with van der Waals surface area (Å²) in [5.74, 6) is 0.210. The summed E-state index contributed by atoms with van der Waals surface area (Å²) < 4.78 is 0. The summed E-state index contributed by atoms with van der Waals surface area (Å²) in [7, 11) is 0. The summed E-state index contributed by atoms with van der Waals surface area (Å²) in [6, 6.07) is 0.511. The van der Waals surface area contributed by atoms with Gasteiger partial charge in [-0.1, -0.05) is 0 Å². The molecule has 0 spiro atoms. The van der Waals surface area contributed by atoms with Gasteiger partial charge in [-0.25, -0.2) is 0 Å². The molecule has 1 aliphatic carbocycles. The van der Waals surface area contributed by atoms with Crippen molar-refractivity contribution in [1.82, 2.24) is 10.2 Å². The van der Waals surface area contributed by atoms with Crippen molar-refractivity contribution in [1.29, 1.82) is 0 Å². The first-order valence-corrected chi connectivity index (χ1v) is 6.33. The lowest BCUT2D eigenvalue weighted by Gasteiger charge is -2.20. The summed E-state index contributed by atoms with van der Waals surface area (Å²) in [6.45, 7) is 5.88. The van der Waals surface area contributed by atoms with Gasteiger partial charge in [0, 0.05) is 12.6 Å². The van der Waals surface area contributed by atoms with E-state index in [-0.39, 0.29) is 12.0 Å². The lowest BCUT2D eigenvalue weighted by molar-refractivity contribution is -0.130. The second-order valence-electron chi connectivity index (χ2n) is 4.58. The van der Waals surface area contributed by atoms with Crippen molar-refractivity contribution in [2.75, 3.05) is 19.6 Å². The molecule has 0 bridgehead atoms. The van der Waals surface area contributed by atoms with Crippen LogP contribution in [0.4, 0.5) is 0 Å². The number of likely N-dealkylation sites (N-methyl/N-ethyl adjacent to an activating group) is 1. The molecule has 0 radical (unpaired) electrons. The molecule has 0 aromatic carbocycles. The SMILES string of the molecule is CCN(C(=O)CNCCCC(C)O)C1CC1. The van der Waals surface area contributed by atoms with Crippen LogP contribution in [0.25, 0.3) is 0 Å². The highest BCUT2D eigenvalue weighted by Gasteiger charge is 2.30. The summed E-state index contributed by atoms with van der Waals surface area (Å²) in [4.78, 5) is 13.7. The number of amides is 1. The summed E-state index contributed by atoms with van der Waals surface area (Å²) in [6.07, 6.45) is 3.81. The monoisotopic (exact) mass is 228 g/mol. The minimum Gasteiger partial charge on any atom is -0.393 e. The van der Waals surface area contributed by atoms with Crippen molar-refractivity contribution >= 4 is 5.91 Å². The fourth-order valence-corrected chi connectivity index (χ4v) is 1.84. The van der Waals surface area contributed by atoms with Crippen LogP contribution in [0.5, 0.6) is 0 Å². The third-order valence-electron chi connectivity index (χ3n) is 2.90. The van der Waals surface area contributed by atoms with Crippen molar-refractivity contribution in [3.63, 3.8) is 0 Å². The van der Waals surface area contributed by atoms with Gasteiger partial charge in [-0.3, -0.25) is 4.79 Å². The van der Waals surface area contributed by atoms with E-state index in [0.29, 0.717) is 12.6 Å². The van der Waals surface area contributed by atoms with Crippen LogP contribution < -0.4 is 5.32 Å². The Morgan fingerprint density at radius 3 is 2.75 bits per heavy atom. The van der Waals surface area contributed by atoms with E-state index in [0.717, 1.165) is 25.9 Å². The maximum Gasteiger partial charge on any atom is 0.236 e. The molecule has 16 heavy (non-hydrogen) atoms. The first-order chi connectivity index (χ1) is 7.65. The van der Waals surface area contributed by atoms with E-state index in [1.807, 2.05) is 11.8 Å². The average Bonchev–Trinajstić information content (AvgIpc) is 3.02. The van der Waals surface area contributed by atoms with Gasteiger partial charge in [-0.05, 0) is 46.1 Å². The number of carbonyl (C=O) groups excluding carboxylic acids is 1. The maximum atomic E-state index is 11.8. The highest BCUT2D eigenvalue weighted by Crippen LogP contribution is 2.26. The molecule has 0 aliphatic heterocycles. The number of nitrogens with one attached hydrogen (secondary N) is 1. The second kappa shape index (κ2) is 6.86. The molecule has 1 amide bonds. The second-order valence-corrected chi connectivity index (χ2v) is 4.58. The van der Waals surface area contributed by atoms with E-state index < -0.39 is 0 Å². The number of hydrogen-bond acceptors (Lipinski definition) is 3. The van der Waals surface area contributed by atoms with Crippen LogP contribution in [0.3, 0.4) is 0 Å². The van der Waals surface area contributed by atoms with Crippen LogP contribution in [-0.2, 0) is 4.79 Å². The zero-order valence-electron chi connectivity index (χ0n) is 10.4. The maximum absolute atomic E-state index is 11.8. The topological polar surface area (TPSA) is 52.6 Å². The van der Waals surface area contributed by atoms with Gasteiger partial charge in [0.1, 0.15) is 0 Å². The minimum atomic E-state index is -0.240. The first-order valence-electron chi connectivity index (χ1n) is 6.33. The zero-order valence-corrected chi connectivity index (χ0v) is 10.4. The van der Waals surface area contributed by atoms with Gasteiger partial charge in [0.15, 0.2) is 0 Å². The molecule has 4 heteroatoms. The fraction of sp³-hybridized carbons (Fsp3) is 0.917. The average molecular weight is 228 g/mol. The normalized spacial score (nSPS) is 17.2. The Hall–Kier alpha value is -0.610. The number of nitrogens with zero attached hydrogens (tertiary/aromatic N) is 1. The van der Waals surface area contributed by atoms with Crippen molar-refractivity contribution in [2.45, 2.75) is 51.7 Å². The molecule has 4 nitrogen and oxygen atoms in total.